The summed E-state index contributed by atoms with van der Waals surface area (Å²) in [6, 6.07) is 9.30. The monoisotopic (exact) mass is 300 g/mol. The second-order valence-electron chi connectivity index (χ2n) is 4.87. The number of aromatic nitrogens is 1. The molecule has 1 atom stereocenters. The highest BCUT2D eigenvalue weighted by molar-refractivity contribution is 5.95. The Morgan fingerprint density at radius 3 is 2.55 bits per heavy atom. The van der Waals surface area contributed by atoms with E-state index in [-0.39, 0.29) is 22.9 Å². The van der Waals surface area contributed by atoms with Gasteiger partial charge in [-0.1, -0.05) is 19.1 Å². The van der Waals surface area contributed by atoms with Crippen LogP contribution >= 0.6 is 0 Å². The highest BCUT2D eigenvalue weighted by Gasteiger charge is 2.17. The van der Waals surface area contributed by atoms with Gasteiger partial charge in [0.2, 0.25) is 0 Å². The van der Waals surface area contributed by atoms with Gasteiger partial charge in [0.15, 0.2) is 0 Å². The van der Waals surface area contributed by atoms with Crippen molar-refractivity contribution < 1.29 is 19.8 Å². The maximum Gasteiger partial charge on any atom is 0.335 e. The first-order chi connectivity index (χ1) is 10.4. The smallest absolute Gasteiger partial charge is 0.335 e. The number of carboxylic acids is 1. The van der Waals surface area contributed by atoms with Crippen molar-refractivity contribution in [2.45, 2.75) is 12.8 Å². The number of rotatable bonds is 4. The van der Waals surface area contributed by atoms with Crippen LogP contribution in [0.2, 0.25) is 0 Å². The van der Waals surface area contributed by atoms with Gasteiger partial charge in [0, 0.05) is 18.7 Å². The Morgan fingerprint density at radius 2 is 1.95 bits per heavy atom. The first-order valence-electron chi connectivity index (χ1n) is 6.68. The van der Waals surface area contributed by atoms with E-state index in [0.717, 1.165) is 5.56 Å². The maximum atomic E-state index is 11.7. The fourth-order valence-electron chi connectivity index (χ4n) is 2.11. The van der Waals surface area contributed by atoms with E-state index >= 15 is 0 Å². The molecular formula is C16H16N2O4. The lowest BCUT2D eigenvalue weighted by atomic mass is 9.95. The number of hydrogen-bond donors (Lipinski definition) is 3. The summed E-state index contributed by atoms with van der Waals surface area (Å²) in [4.78, 5) is 27.2. The zero-order valence-corrected chi connectivity index (χ0v) is 12.2. The molecule has 0 saturated carbocycles. The van der Waals surface area contributed by atoms with Crippen molar-refractivity contribution in [1.29, 1.82) is 0 Å². The van der Waals surface area contributed by atoms with E-state index in [2.05, 4.69) is 10.3 Å². The topological polar surface area (TPSA) is 99.5 Å². The molecule has 0 radical (unpaired) electrons. The number of benzene rings is 1. The first-order valence-corrected chi connectivity index (χ1v) is 6.68. The Kier molecular flexibility index (Phi) is 4.41. The molecule has 0 saturated heterocycles. The summed E-state index contributed by atoms with van der Waals surface area (Å²) < 4.78 is 0. The van der Waals surface area contributed by atoms with Crippen LogP contribution in [-0.2, 0) is 0 Å². The maximum absolute atomic E-state index is 11.7. The molecule has 6 nitrogen and oxygen atoms in total. The van der Waals surface area contributed by atoms with E-state index in [1.807, 2.05) is 6.92 Å². The number of nitrogens with one attached hydrogen (secondary N) is 1. The number of phenols is 1. The standard InChI is InChI=1S/C16H16N2O4/c1-9(10-4-3-5-12(19)6-10)13-7-11(16(21)22)8-14(18-13)15(20)17-2/h3-9,19H,1-2H3,(H,17,20)(H,21,22)/t9-/m1/s1. The molecule has 0 aliphatic heterocycles. The number of carbonyl (C=O) groups is 2. The van der Waals surface area contributed by atoms with E-state index in [4.69, 9.17) is 0 Å². The van der Waals surface area contributed by atoms with Gasteiger partial charge < -0.3 is 15.5 Å². The van der Waals surface area contributed by atoms with Crippen LogP contribution in [0, 0.1) is 0 Å². The molecule has 1 aromatic heterocycles. The minimum atomic E-state index is -1.13. The quantitative estimate of drug-likeness (QED) is 0.802. The fraction of sp³-hybridized carbons (Fsp3) is 0.188. The van der Waals surface area contributed by atoms with Gasteiger partial charge in [-0.15, -0.1) is 0 Å². The number of carbonyl (C=O) groups excluding carboxylic acids is 1. The zero-order valence-electron chi connectivity index (χ0n) is 12.2. The van der Waals surface area contributed by atoms with Crippen molar-refractivity contribution in [3.63, 3.8) is 0 Å². The molecule has 1 amide bonds. The van der Waals surface area contributed by atoms with E-state index in [1.54, 1.807) is 24.3 Å². The SMILES string of the molecule is CNC(=O)c1cc(C(=O)O)cc([C@H](C)c2cccc(O)c2)n1. The Bertz CT molecular complexity index is 728. The summed E-state index contributed by atoms with van der Waals surface area (Å²) in [5.74, 6) is -1.73. The number of carboxylic acid groups (broad SMARTS) is 1. The number of aromatic carboxylic acids is 1. The Balaban J connectivity index is 2.51. The van der Waals surface area contributed by atoms with Crippen LogP contribution in [-0.4, -0.2) is 34.1 Å². The highest BCUT2D eigenvalue weighted by atomic mass is 16.4. The molecule has 114 valence electrons. The number of amides is 1. The van der Waals surface area contributed by atoms with Crippen molar-refractivity contribution in [3.05, 3.63) is 58.9 Å². The molecule has 1 aromatic carbocycles. The van der Waals surface area contributed by atoms with Crippen LogP contribution in [0.25, 0.3) is 0 Å². The largest absolute Gasteiger partial charge is 0.508 e. The van der Waals surface area contributed by atoms with E-state index < -0.39 is 11.9 Å². The van der Waals surface area contributed by atoms with Gasteiger partial charge in [0.05, 0.1) is 5.56 Å². The third-order valence-corrected chi connectivity index (χ3v) is 3.37. The van der Waals surface area contributed by atoms with Gasteiger partial charge in [0.25, 0.3) is 5.91 Å². The van der Waals surface area contributed by atoms with E-state index in [0.29, 0.717) is 5.69 Å². The van der Waals surface area contributed by atoms with Crippen LogP contribution in [0.5, 0.6) is 5.75 Å². The molecule has 0 spiro atoms. The van der Waals surface area contributed by atoms with E-state index in [9.17, 15) is 19.8 Å². The van der Waals surface area contributed by atoms with Crippen molar-refractivity contribution >= 4 is 11.9 Å². The number of nitrogens with zero attached hydrogens (tertiary/aromatic N) is 1. The Hall–Kier alpha value is -2.89. The average Bonchev–Trinajstić information content (AvgIpc) is 2.52. The summed E-state index contributed by atoms with van der Waals surface area (Å²) in [6.45, 7) is 1.83. The summed E-state index contributed by atoms with van der Waals surface area (Å²) >= 11 is 0. The molecule has 0 aliphatic carbocycles. The Morgan fingerprint density at radius 1 is 1.23 bits per heavy atom. The van der Waals surface area contributed by atoms with Crippen molar-refractivity contribution in [2.75, 3.05) is 7.05 Å². The van der Waals surface area contributed by atoms with Gasteiger partial charge in [-0.2, -0.15) is 0 Å². The van der Waals surface area contributed by atoms with Crippen LogP contribution in [0.1, 0.15) is 44.9 Å². The first kappa shape index (κ1) is 15.5. The second-order valence-corrected chi connectivity index (χ2v) is 4.87. The lowest BCUT2D eigenvalue weighted by Gasteiger charge is -2.14. The van der Waals surface area contributed by atoms with Gasteiger partial charge in [-0.05, 0) is 29.8 Å². The van der Waals surface area contributed by atoms with Gasteiger partial charge in [-0.25, -0.2) is 9.78 Å². The Labute approximate surface area is 127 Å². The molecule has 2 rings (SSSR count). The van der Waals surface area contributed by atoms with Gasteiger partial charge in [0.1, 0.15) is 11.4 Å². The minimum absolute atomic E-state index is 0.00407. The van der Waals surface area contributed by atoms with Gasteiger partial charge in [-0.3, -0.25) is 4.79 Å². The summed E-state index contributed by atoms with van der Waals surface area (Å²) in [5.41, 5.74) is 1.27. The highest BCUT2D eigenvalue weighted by Crippen LogP contribution is 2.26. The number of pyridine rings is 1. The molecule has 0 bridgehead atoms. The van der Waals surface area contributed by atoms with Gasteiger partial charge >= 0.3 is 5.97 Å². The van der Waals surface area contributed by atoms with Crippen LogP contribution in [0.4, 0.5) is 0 Å². The van der Waals surface area contributed by atoms with Crippen molar-refractivity contribution in [1.82, 2.24) is 10.3 Å². The lowest BCUT2D eigenvalue weighted by molar-refractivity contribution is 0.0696. The molecule has 3 N–H and O–H groups in total. The van der Waals surface area contributed by atoms with Crippen LogP contribution in [0.3, 0.4) is 0 Å². The lowest BCUT2D eigenvalue weighted by Crippen LogP contribution is -2.21. The van der Waals surface area contributed by atoms with E-state index in [1.165, 1.54) is 19.2 Å². The third-order valence-electron chi connectivity index (χ3n) is 3.37. The summed E-state index contributed by atoms with van der Waals surface area (Å²) in [6.07, 6.45) is 0. The number of aromatic hydroxyl groups is 1. The predicted octanol–water partition coefficient (Wildman–Crippen LogP) is 2.00. The fourth-order valence-corrected chi connectivity index (χ4v) is 2.11. The summed E-state index contributed by atoms with van der Waals surface area (Å²) in [5, 5.41) is 21.2. The molecule has 1 heterocycles. The van der Waals surface area contributed by atoms with Crippen molar-refractivity contribution in [3.8, 4) is 5.75 Å². The molecular weight excluding hydrogens is 284 g/mol. The normalized spacial score (nSPS) is 11.7. The van der Waals surface area contributed by atoms with Crippen molar-refractivity contribution in [2.24, 2.45) is 0 Å². The van der Waals surface area contributed by atoms with Crippen LogP contribution in [0.15, 0.2) is 36.4 Å². The average molecular weight is 300 g/mol. The predicted molar refractivity (Wildman–Crippen MR) is 80.2 cm³/mol. The number of phenolic OH excluding ortho intramolecular Hbond substituents is 1. The van der Waals surface area contributed by atoms with Crippen LogP contribution < -0.4 is 5.32 Å². The second kappa shape index (κ2) is 6.26. The number of hydrogen-bond acceptors (Lipinski definition) is 4. The molecule has 6 heteroatoms. The third kappa shape index (κ3) is 3.22. The molecule has 2 aromatic rings. The summed E-state index contributed by atoms with van der Waals surface area (Å²) in [7, 11) is 1.45. The zero-order chi connectivity index (χ0) is 16.3. The molecule has 0 unspecified atom stereocenters. The molecule has 0 aliphatic rings. The molecule has 0 fully saturated rings. The molecule has 22 heavy (non-hydrogen) atoms. The minimum Gasteiger partial charge on any atom is -0.508 e.